The molecule has 0 bridgehead atoms. The van der Waals surface area contributed by atoms with Crippen LogP contribution in [-0.2, 0) is 10.0 Å². The third kappa shape index (κ3) is 4.77. The van der Waals surface area contributed by atoms with E-state index in [1.54, 1.807) is 24.3 Å². The summed E-state index contributed by atoms with van der Waals surface area (Å²) < 4.78 is 42.7. The third-order valence-electron chi connectivity index (χ3n) is 3.12. The van der Waals surface area contributed by atoms with E-state index in [-0.39, 0.29) is 18.0 Å². The van der Waals surface area contributed by atoms with E-state index in [1.165, 1.54) is 32.4 Å². The van der Waals surface area contributed by atoms with Gasteiger partial charge in [0.15, 0.2) is 11.5 Å². The first kappa shape index (κ1) is 18.4. The van der Waals surface area contributed by atoms with Gasteiger partial charge in [-0.2, -0.15) is 0 Å². The Bertz CT molecular complexity index is 795. The largest absolute Gasteiger partial charge is 0.493 e. The van der Waals surface area contributed by atoms with Crippen molar-refractivity contribution in [2.24, 2.45) is 0 Å². The van der Waals surface area contributed by atoms with E-state index in [4.69, 9.17) is 25.8 Å². The molecule has 0 aliphatic rings. The van der Waals surface area contributed by atoms with Crippen molar-refractivity contribution in [2.45, 2.75) is 4.90 Å². The van der Waals surface area contributed by atoms with Gasteiger partial charge < -0.3 is 14.2 Å². The van der Waals surface area contributed by atoms with E-state index in [0.29, 0.717) is 22.3 Å². The number of hydrogen-bond acceptors (Lipinski definition) is 5. The smallest absolute Gasteiger partial charge is 0.240 e. The van der Waals surface area contributed by atoms with Crippen molar-refractivity contribution in [1.29, 1.82) is 0 Å². The Hall–Kier alpha value is -1.96. The molecule has 0 fully saturated rings. The van der Waals surface area contributed by atoms with Crippen LogP contribution in [0, 0.1) is 0 Å². The molecule has 2 aromatic rings. The van der Waals surface area contributed by atoms with Crippen LogP contribution in [0.1, 0.15) is 0 Å². The quantitative estimate of drug-likeness (QED) is 0.722. The van der Waals surface area contributed by atoms with Crippen LogP contribution in [0.2, 0.25) is 5.02 Å². The topological polar surface area (TPSA) is 73.9 Å². The summed E-state index contributed by atoms with van der Waals surface area (Å²) in [4.78, 5) is 0.0860. The predicted octanol–water partition coefficient (Wildman–Crippen LogP) is 2.71. The first-order valence-electron chi connectivity index (χ1n) is 7.06. The molecule has 24 heavy (non-hydrogen) atoms. The summed E-state index contributed by atoms with van der Waals surface area (Å²) in [6.45, 7) is 0.288. The molecular weight excluding hydrogens is 354 g/mol. The fourth-order valence-corrected chi connectivity index (χ4v) is 3.18. The van der Waals surface area contributed by atoms with E-state index in [2.05, 4.69) is 4.72 Å². The molecule has 0 radical (unpaired) electrons. The van der Waals surface area contributed by atoms with Gasteiger partial charge in [0.25, 0.3) is 0 Å². The molecule has 0 aromatic heterocycles. The Balaban J connectivity index is 1.96. The van der Waals surface area contributed by atoms with Crippen molar-refractivity contribution < 1.29 is 22.6 Å². The number of methoxy groups -OCH3 is 2. The molecule has 0 atom stereocenters. The van der Waals surface area contributed by atoms with Crippen molar-refractivity contribution >= 4 is 21.6 Å². The molecule has 6 nitrogen and oxygen atoms in total. The van der Waals surface area contributed by atoms with Gasteiger partial charge >= 0.3 is 0 Å². The maximum Gasteiger partial charge on any atom is 0.240 e. The number of hydrogen-bond donors (Lipinski definition) is 1. The standard InChI is InChI=1S/C16H18ClNO5S/c1-21-15-7-6-14(11-16(15)22-2)24(19,20)18-8-9-23-13-5-3-4-12(17)10-13/h3-7,10-11,18H,8-9H2,1-2H3. The van der Waals surface area contributed by atoms with Gasteiger partial charge in [0.2, 0.25) is 10.0 Å². The number of halogens is 1. The lowest BCUT2D eigenvalue weighted by atomic mass is 10.3. The molecule has 1 N–H and O–H groups in total. The highest BCUT2D eigenvalue weighted by atomic mass is 35.5. The van der Waals surface area contributed by atoms with E-state index >= 15 is 0 Å². The summed E-state index contributed by atoms with van der Waals surface area (Å²) >= 11 is 5.85. The molecule has 0 amide bonds. The SMILES string of the molecule is COc1ccc(S(=O)(=O)NCCOc2cccc(Cl)c2)cc1OC. The fraction of sp³-hybridized carbons (Fsp3) is 0.250. The Labute approximate surface area is 146 Å². The van der Waals surface area contributed by atoms with Gasteiger partial charge in [-0.05, 0) is 30.3 Å². The number of rotatable bonds is 8. The van der Waals surface area contributed by atoms with Crippen molar-refractivity contribution in [2.75, 3.05) is 27.4 Å². The fourth-order valence-electron chi connectivity index (χ4n) is 1.97. The second-order valence-corrected chi connectivity index (χ2v) is 6.92. The highest BCUT2D eigenvalue weighted by Gasteiger charge is 2.16. The van der Waals surface area contributed by atoms with Crippen molar-refractivity contribution in [3.63, 3.8) is 0 Å². The van der Waals surface area contributed by atoms with Crippen LogP contribution in [0.4, 0.5) is 0 Å². The molecule has 130 valence electrons. The minimum absolute atomic E-state index is 0.0860. The maximum absolute atomic E-state index is 12.3. The minimum Gasteiger partial charge on any atom is -0.493 e. The Morgan fingerprint density at radius 2 is 1.79 bits per heavy atom. The zero-order valence-electron chi connectivity index (χ0n) is 13.3. The summed E-state index contributed by atoms with van der Waals surface area (Å²) in [5, 5.41) is 0.554. The summed E-state index contributed by atoms with van der Waals surface area (Å²) in [7, 11) is -0.744. The average Bonchev–Trinajstić information content (AvgIpc) is 2.58. The third-order valence-corrected chi connectivity index (χ3v) is 4.82. The van der Waals surface area contributed by atoms with E-state index in [0.717, 1.165) is 0 Å². The predicted molar refractivity (Wildman–Crippen MR) is 91.7 cm³/mol. The van der Waals surface area contributed by atoms with Gasteiger partial charge in [-0.3, -0.25) is 0 Å². The van der Waals surface area contributed by atoms with Crippen LogP contribution in [0.15, 0.2) is 47.4 Å². The van der Waals surface area contributed by atoms with Gasteiger partial charge in [0.1, 0.15) is 12.4 Å². The first-order valence-corrected chi connectivity index (χ1v) is 8.92. The summed E-state index contributed by atoms with van der Waals surface area (Å²) in [6, 6.07) is 11.3. The van der Waals surface area contributed by atoms with Crippen molar-refractivity contribution in [3.05, 3.63) is 47.5 Å². The molecule has 0 aliphatic carbocycles. The number of benzene rings is 2. The first-order chi connectivity index (χ1) is 11.5. The monoisotopic (exact) mass is 371 g/mol. The molecule has 8 heteroatoms. The lowest BCUT2D eigenvalue weighted by Gasteiger charge is -2.11. The van der Waals surface area contributed by atoms with Crippen LogP contribution in [0.5, 0.6) is 17.2 Å². The summed E-state index contributed by atoms with van der Waals surface area (Å²) in [6.07, 6.45) is 0. The molecule has 0 unspecified atom stereocenters. The zero-order valence-corrected chi connectivity index (χ0v) is 14.9. The highest BCUT2D eigenvalue weighted by Crippen LogP contribution is 2.29. The molecule has 0 spiro atoms. The van der Waals surface area contributed by atoms with Crippen LogP contribution in [0.25, 0.3) is 0 Å². The molecular formula is C16H18ClNO5S. The lowest BCUT2D eigenvalue weighted by molar-refractivity contribution is 0.323. The van der Waals surface area contributed by atoms with Crippen LogP contribution >= 0.6 is 11.6 Å². The Morgan fingerprint density at radius 3 is 2.46 bits per heavy atom. The van der Waals surface area contributed by atoms with Gasteiger partial charge in [0.05, 0.1) is 19.1 Å². The van der Waals surface area contributed by atoms with Crippen molar-refractivity contribution in [3.8, 4) is 17.2 Å². The highest BCUT2D eigenvalue weighted by molar-refractivity contribution is 7.89. The number of ether oxygens (including phenoxy) is 3. The lowest BCUT2D eigenvalue weighted by Crippen LogP contribution is -2.28. The molecule has 0 saturated carbocycles. The van der Waals surface area contributed by atoms with Crippen LogP contribution in [0.3, 0.4) is 0 Å². The van der Waals surface area contributed by atoms with Crippen LogP contribution < -0.4 is 18.9 Å². The van der Waals surface area contributed by atoms with Gasteiger partial charge in [-0.1, -0.05) is 17.7 Å². The maximum atomic E-state index is 12.3. The zero-order chi connectivity index (χ0) is 17.6. The molecule has 2 rings (SSSR count). The second kappa shape index (κ2) is 8.23. The van der Waals surface area contributed by atoms with E-state index in [1.807, 2.05) is 0 Å². The van der Waals surface area contributed by atoms with E-state index < -0.39 is 10.0 Å². The molecule has 2 aromatic carbocycles. The van der Waals surface area contributed by atoms with E-state index in [9.17, 15) is 8.42 Å². The van der Waals surface area contributed by atoms with Gasteiger partial charge in [-0.15, -0.1) is 0 Å². The molecule has 0 saturated heterocycles. The van der Waals surface area contributed by atoms with Crippen molar-refractivity contribution in [1.82, 2.24) is 4.72 Å². The second-order valence-electron chi connectivity index (χ2n) is 4.72. The number of nitrogens with one attached hydrogen (secondary N) is 1. The Kier molecular flexibility index (Phi) is 6.30. The summed E-state index contributed by atoms with van der Waals surface area (Å²) in [5.74, 6) is 1.38. The summed E-state index contributed by atoms with van der Waals surface area (Å²) in [5.41, 5.74) is 0. The Morgan fingerprint density at radius 1 is 1.04 bits per heavy atom. The minimum atomic E-state index is -3.67. The van der Waals surface area contributed by atoms with Gasteiger partial charge in [0, 0.05) is 17.6 Å². The average molecular weight is 372 g/mol. The normalized spacial score (nSPS) is 11.1. The molecule has 0 heterocycles. The molecule has 0 aliphatic heterocycles. The van der Waals surface area contributed by atoms with Crippen LogP contribution in [-0.4, -0.2) is 35.8 Å². The van der Waals surface area contributed by atoms with Gasteiger partial charge in [-0.25, -0.2) is 13.1 Å². The number of sulfonamides is 1.